The lowest BCUT2D eigenvalue weighted by atomic mass is 10.0. The van der Waals surface area contributed by atoms with Crippen LogP contribution in [-0.2, 0) is 19.6 Å². The van der Waals surface area contributed by atoms with Crippen molar-refractivity contribution in [2.45, 2.75) is 63.1 Å². The summed E-state index contributed by atoms with van der Waals surface area (Å²) in [4.78, 5) is 27.2. The van der Waals surface area contributed by atoms with Gasteiger partial charge in [-0.1, -0.05) is 31.5 Å². The van der Waals surface area contributed by atoms with E-state index >= 15 is 0 Å². The Labute approximate surface area is 178 Å². The van der Waals surface area contributed by atoms with Crippen molar-refractivity contribution in [3.05, 3.63) is 42.2 Å². The molecule has 8 nitrogen and oxygen atoms in total. The second kappa shape index (κ2) is 9.18. The summed E-state index contributed by atoms with van der Waals surface area (Å²) in [7, 11) is -3.95. The van der Waals surface area contributed by atoms with E-state index in [1.165, 1.54) is 24.5 Å². The highest BCUT2D eigenvalue weighted by Gasteiger charge is 2.38. The van der Waals surface area contributed by atoms with Crippen LogP contribution in [0, 0.1) is 6.92 Å². The van der Waals surface area contributed by atoms with Crippen LogP contribution in [0.1, 0.15) is 38.7 Å². The van der Waals surface area contributed by atoms with E-state index in [2.05, 4.69) is 24.5 Å². The third-order valence-electron chi connectivity index (χ3n) is 5.44. The zero-order valence-corrected chi connectivity index (χ0v) is 18.5. The molecule has 1 saturated heterocycles. The first-order valence-corrected chi connectivity index (χ1v) is 11.7. The van der Waals surface area contributed by atoms with Crippen LogP contribution in [0.3, 0.4) is 0 Å². The van der Waals surface area contributed by atoms with Crippen molar-refractivity contribution >= 4 is 21.8 Å². The maximum Gasteiger partial charge on any atom is 0.264 e. The fourth-order valence-corrected chi connectivity index (χ4v) is 5.28. The van der Waals surface area contributed by atoms with Crippen LogP contribution in [0.2, 0.25) is 0 Å². The molecule has 3 rings (SSSR count). The third kappa shape index (κ3) is 5.02. The van der Waals surface area contributed by atoms with Gasteiger partial charge in [0.1, 0.15) is 6.04 Å². The van der Waals surface area contributed by atoms with Gasteiger partial charge in [-0.2, -0.15) is 0 Å². The number of nitrogens with zero attached hydrogens (tertiary/aromatic N) is 2. The van der Waals surface area contributed by atoms with Crippen molar-refractivity contribution in [1.82, 2.24) is 19.8 Å². The van der Waals surface area contributed by atoms with E-state index in [9.17, 15) is 18.0 Å². The van der Waals surface area contributed by atoms with Crippen LogP contribution >= 0.6 is 0 Å². The molecule has 0 radical (unpaired) electrons. The average Bonchev–Trinajstić information content (AvgIpc) is 2.69. The molecule has 0 bridgehead atoms. The Morgan fingerprint density at radius 1 is 1.20 bits per heavy atom. The Morgan fingerprint density at radius 3 is 2.43 bits per heavy atom. The molecule has 164 valence electrons. The van der Waals surface area contributed by atoms with Crippen LogP contribution < -0.4 is 10.6 Å². The number of likely N-dealkylation sites (tertiary alicyclic amines) is 1. The van der Waals surface area contributed by atoms with Crippen LogP contribution in [-0.4, -0.2) is 60.7 Å². The molecule has 30 heavy (non-hydrogen) atoms. The Balaban J connectivity index is 1.72. The molecule has 1 aromatic carbocycles. The van der Waals surface area contributed by atoms with Gasteiger partial charge in [-0.25, -0.2) is 8.42 Å². The number of rotatable bonds is 6. The number of sulfonamides is 1. The van der Waals surface area contributed by atoms with Gasteiger partial charge in [0.05, 0.1) is 11.3 Å². The summed E-state index contributed by atoms with van der Waals surface area (Å²) in [6.07, 6.45) is 4.09. The van der Waals surface area contributed by atoms with E-state index in [0.29, 0.717) is 25.2 Å². The topological polar surface area (TPSA) is 98.8 Å². The molecule has 0 aromatic heterocycles. The Bertz CT molecular complexity index is 903. The fraction of sp³-hybridized carbons (Fsp3) is 0.524. The number of nitrogens with one attached hydrogen (secondary N) is 2. The van der Waals surface area contributed by atoms with Crippen LogP contribution in [0.25, 0.3) is 0 Å². The first-order chi connectivity index (χ1) is 14.2. The van der Waals surface area contributed by atoms with E-state index in [4.69, 9.17) is 0 Å². The van der Waals surface area contributed by atoms with Crippen molar-refractivity contribution in [3.63, 3.8) is 0 Å². The Morgan fingerprint density at radius 2 is 1.83 bits per heavy atom. The molecular formula is C21H30N4O4S. The zero-order chi connectivity index (χ0) is 21.9. The normalized spacial score (nSPS) is 20.5. The summed E-state index contributed by atoms with van der Waals surface area (Å²) >= 11 is 0. The van der Waals surface area contributed by atoms with Crippen LogP contribution in [0.4, 0.5) is 0 Å². The van der Waals surface area contributed by atoms with Crippen molar-refractivity contribution < 1.29 is 18.0 Å². The fourth-order valence-electron chi connectivity index (χ4n) is 3.83. The second-order valence-corrected chi connectivity index (χ2v) is 10.0. The van der Waals surface area contributed by atoms with Crippen molar-refractivity contribution in [2.75, 3.05) is 13.1 Å². The van der Waals surface area contributed by atoms with Crippen molar-refractivity contribution in [2.24, 2.45) is 0 Å². The van der Waals surface area contributed by atoms with E-state index in [1.54, 1.807) is 17.0 Å². The van der Waals surface area contributed by atoms with Gasteiger partial charge < -0.3 is 15.5 Å². The predicted octanol–water partition coefficient (Wildman–Crippen LogP) is 1.33. The quantitative estimate of drug-likeness (QED) is 0.704. The molecule has 2 aliphatic heterocycles. The summed E-state index contributed by atoms with van der Waals surface area (Å²) in [5.74, 6) is -0.713. The molecule has 0 saturated carbocycles. The number of hydrogen-bond donors (Lipinski definition) is 2. The molecule has 1 aromatic rings. The van der Waals surface area contributed by atoms with Gasteiger partial charge in [0, 0.05) is 37.6 Å². The smallest absolute Gasteiger partial charge is 0.264 e. The van der Waals surface area contributed by atoms with Gasteiger partial charge in [0.15, 0.2) is 0 Å². The summed E-state index contributed by atoms with van der Waals surface area (Å²) in [6, 6.07) is 6.07. The number of benzene rings is 1. The monoisotopic (exact) mass is 434 g/mol. The number of carbonyl (C=O) groups excluding carboxylic acids is 2. The molecule has 2 amide bonds. The van der Waals surface area contributed by atoms with Gasteiger partial charge in [0.25, 0.3) is 10.0 Å². The molecule has 2 N–H and O–H groups in total. The van der Waals surface area contributed by atoms with Crippen LogP contribution in [0.15, 0.2) is 41.6 Å². The third-order valence-corrected chi connectivity index (χ3v) is 7.24. The average molecular weight is 435 g/mol. The maximum absolute atomic E-state index is 13.1. The predicted molar refractivity (Wildman–Crippen MR) is 114 cm³/mol. The van der Waals surface area contributed by atoms with Crippen molar-refractivity contribution in [1.29, 1.82) is 0 Å². The number of piperidine rings is 1. The summed E-state index contributed by atoms with van der Waals surface area (Å²) in [6.45, 7) is 7.24. The standard InChI is InChI=1S/C21H30N4O4S/c1-15(2)23-17-8-11-24(12-9-17)20(26)14-19-21(27)22-10-13-25(19)30(28,29)18-6-4-16(3)5-7-18/h4-7,10,13,15,17,19,23H,8-9,11-12,14H2,1-3H3,(H,22,27)/t19-/m1/s1. The van der Waals surface area contributed by atoms with E-state index in [-0.39, 0.29) is 17.2 Å². The van der Waals surface area contributed by atoms with Gasteiger partial charge in [-0.05, 0) is 31.9 Å². The van der Waals surface area contributed by atoms with E-state index in [1.807, 2.05) is 6.92 Å². The number of amides is 2. The molecule has 1 fully saturated rings. The Hall–Kier alpha value is -2.39. The molecule has 9 heteroatoms. The summed E-state index contributed by atoms with van der Waals surface area (Å²) in [5.41, 5.74) is 0.933. The highest BCUT2D eigenvalue weighted by molar-refractivity contribution is 7.89. The first-order valence-electron chi connectivity index (χ1n) is 10.3. The number of aryl methyl sites for hydroxylation is 1. The van der Waals surface area contributed by atoms with E-state index in [0.717, 1.165) is 22.7 Å². The number of carbonyl (C=O) groups is 2. The minimum absolute atomic E-state index is 0.0884. The maximum atomic E-state index is 13.1. The molecular weight excluding hydrogens is 404 g/mol. The molecule has 0 aliphatic carbocycles. The minimum Gasteiger partial charge on any atom is -0.343 e. The lowest BCUT2D eigenvalue weighted by Crippen LogP contribution is -2.52. The molecule has 0 unspecified atom stereocenters. The van der Waals surface area contributed by atoms with Crippen LogP contribution in [0.5, 0.6) is 0 Å². The molecule has 2 aliphatic rings. The largest absolute Gasteiger partial charge is 0.343 e. The SMILES string of the molecule is Cc1ccc(S(=O)(=O)N2C=CNC(=O)[C@H]2CC(=O)N2CCC(NC(C)C)CC2)cc1. The molecule has 0 spiro atoms. The summed E-state index contributed by atoms with van der Waals surface area (Å²) in [5, 5.41) is 6.01. The number of hydrogen-bond acceptors (Lipinski definition) is 5. The van der Waals surface area contributed by atoms with Crippen molar-refractivity contribution in [3.8, 4) is 0 Å². The molecule has 1 atom stereocenters. The molecule has 2 heterocycles. The highest BCUT2D eigenvalue weighted by Crippen LogP contribution is 2.24. The van der Waals surface area contributed by atoms with Gasteiger partial charge in [-0.3, -0.25) is 13.9 Å². The van der Waals surface area contributed by atoms with Gasteiger partial charge >= 0.3 is 0 Å². The highest BCUT2D eigenvalue weighted by atomic mass is 32.2. The minimum atomic E-state index is -3.95. The van der Waals surface area contributed by atoms with E-state index < -0.39 is 22.0 Å². The lowest BCUT2D eigenvalue weighted by molar-refractivity contribution is -0.136. The lowest BCUT2D eigenvalue weighted by Gasteiger charge is -2.36. The zero-order valence-electron chi connectivity index (χ0n) is 17.7. The summed E-state index contributed by atoms with van der Waals surface area (Å²) < 4.78 is 27.2. The first kappa shape index (κ1) is 22.3. The second-order valence-electron chi connectivity index (χ2n) is 8.17. The van der Waals surface area contributed by atoms with Gasteiger partial charge in [0.2, 0.25) is 11.8 Å². The van der Waals surface area contributed by atoms with Gasteiger partial charge in [-0.15, -0.1) is 0 Å². The Kier molecular flexibility index (Phi) is 6.82.